The van der Waals surface area contributed by atoms with Gasteiger partial charge in [-0.2, -0.15) is 0 Å². The Morgan fingerprint density at radius 2 is 1.71 bits per heavy atom. The molecule has 0 aromatic heterocycles. The van der Waals surface area contributed by atoms with Crippen LogP contribution in [0.4, 0.5) is 0 Å². The Morgan fingerprint density at radius 3 is 2.43 bits per heavy atom. The van der Waals surface area contributed by atoms with E-state index < -0.39 is 10.0 Å². The van der Waals surface area contributed by atoms with Gasteiger partial charge >= 0.3 is 0 Å². The van der Waals surface area contributed by atoms with Crippen LogP contribution in [0.25, 0.3) is 0 Å². The van der Waals surface area contributed by atoms with E-state index in [0.717, 1.165) is 24.0 Å². The molecule has 0 heterocycles. The van der Waals surface area contributed by atoms with Crippen LogP contribution in [0.5, 0.6) is 0 Å². The topological polar surface area (TPSA) is 72.2 Å². The van der Waals surface area contributed by atoms with Crippen molar-refractivity contribution in [2.75, 3.05) is 6.54 Å². The van der Waals surface area contributed by atoms with Crippen LogP contribution < -0.4 is 10.5 Å². The van der Waals surface area contributed by atoms with Crippen LogP contribution in [-0.4, -0.2) is 15.0 Å². The van der Waals surface area contributed by atoms with E-state index in [4.69, 9.17) is 5.73 Å². The molecule has 0 bridgehead atoms. The van der Waals surface area contributed by atoms with E-state index in [1.54, 1.807) is 0 Å². The fourth-order valence-electron chi connectivity index (χ4n) is 2.25. The largest absolute Gasteiger partial charge is 0.326 e. The molecule has 0 fully saturated rings. The second kappa shape index (κ2) is 9.92. The van der Waals surface area contributed by atoms with Gasteiger partial charge in [0.15, 0.2) is 0 Å². The molecule has 0 saturated carbocycles. The first-order chi connectivity index (χ1) is 10.1. The number of hydrogen-bond acceptors (Lipinski definition) is 3. The second-order valence-corrected chi connectivity index (χ2v) is 7.25. The van der Waals surface area contributed by atoms with Crippen LogP contribution in [0.15, 0.2) is 24.3 Å². The van der Waals surface area contributed by atoms with Gasteiger partial charge < -0.3 is 5.73 Å². The summed E-state index contributed by atoms with van der Waals surface area (Å²) in [6.45, 7) is 3.15. The maximum atomic E-state index is 12.0. The molecule has 0 radical (unpaired) electrons. The Hall–Kier alpha value is -0.910. The third-order valence-corrected chi connectivity index (χ3v) is 4.79. The zero-order valence-corrected chi connectivity index (χ0v) is 13.8. The van der Waals surface area contributed by atoms with Gasteiger partial charge in [0.2, 0.25) is 10.0 Å². The van der Waals surface area contributed by atoms with Crippen LogP contribution in [0, 0.1) is 0 Å². The van der Waals surface area contributed by atoms with Crippen LogP contribution in [0.2, 0.25) is 0 Å². The van der Waals surface area contributed by atoms with Gasteiger partial charge in [0.25, 0.3) is 0 Å². The SMILES string of the molecule is CCCCCCCCNS(=O)(=O)Cc1cccc(CN)c1. The normalized spacial score (nSPS) is 11.7. The van der Waals surface area contributed by atoms with Crippen molar-refractivity contribution in [2.45, 2.75) is 57.7 Å². The standard InChI is InChI=1S/C16H28N2O2S/c1-2-3-4-5-6-7-11-18-21(19,20)14-16-10-8-9-15(12-16)13-17/h8-10,12,18H,2-7,11,13-14,17H2,1H3. The molecule has 120 valence electrons. The summed E-state index contributed by atoms with van der Waals surface area (Å²) >= 11 is 0. The van der Waals surface area contributed by atoms with E-state index >= 15 is 0 Å². The van der Waals surface area contributed by atoms with Gasteiger partial charge in [-0.15, -0.1) is 0 Å². The van der Waals surface area contributed by atoms with Gasteiger partial charge in [-0.05, 0) is 17.5 Å². The van der Waals surface area contributed by atoms with E-state index in [2.05, 4.69) is 11.6 Å². The van der Waals surface area contributed by atoms with E-state index in [1.807, 2.05) is 24.3 Å². The Morgan fingerprint density at radius 1 is 1.05 bits per heavy atom. The first-order valence-corrected chi connectivity index (χ1v) is 9.48. The predicted molar refractivity (Wildman–Crippen MR) is 88.3 cm³/mol. The fraction of sp³-hybridized carbons (Fsp3) is 0.625. The summed E-state index contributed by atoms with van der Waals surface area (Å²) < 4.78 is 26.7. The quantitative estimate of drug-likeness (QED) is 0.617. The average Bonchev–Trinajstić information content (AvgIpc) is 2.46. The lowest BCUT2D eigenvalue weighted by Gasteiger charge is -2.08. The molecule has 0 aliphatic heterocycles. The van der Waals surface area contributed by atoms with E-state index in [0.29, 0.717) is 13.1 Å². The van der Waals surface area contributed by atoms with Crippen molar-refractivity contribution in [3.05, 3.63) is 35.4 Å². The van der Waals surface area contributed by atoms with Crippen molar-refractivity contribution in [1.29, 1.82) is 0 Å². The van der Waals surface area contributed by atoms with Crippen LogP contribution >= 0.6 is 0 Å². The first kappa shape index (κ1) is 18.1. The van der Waals surface area contributed by atoms with E-state index in [9.17, 15) is 8.42 Å². The molecule has 3 N–H and O–H groups in total. The molecule has 0 aliphatic rings. The number of nitrogens with one attached hydrogen (secondary N) is 1. The number of sulfonamides is 1. The van der Waals surface area contributed by atoms with Gasteiger partial charge in [0.05, 0.1) is 5.75 Å². The average molecular weight is 312 g/mol. The zero-order valence-electron chi connectivity index (χ0n) is 13.0. The third kappa shape index (κ3) is 8.19. The molecular weight excluding hydrogens is 284 g/mol. The lowest BCUT2D eigenvalue weighted by atomic mass is 10.1. The highest BCUT2D eigenvalue weighted by Crippen LogP contribution is 2.09. The van der Waals surface area contributed by atoms with Crippen molar-refractivity contribution in [2.24, 2.45) is 5.73 Å². The smallest absolute Gasteiger partial charge is 0.215 e. The molecule has 1 aromatic carbocycles. The molecule has 0 spiro atoms. The molecule has 0 amide bonds. The monoisotopic (exact) mass is 312 g/mol. The highest BCUT2D eigenvalue weighted by Gasteiger charge is 2.10. The van der Waals surface area contributed by atoms with Gasteiger partial charge in [0, 0.05) is 13.1 Å². The van der Waals surface area contributed by atoms with Crippen molar-refractivity contribution in [3.63, 3.8) is 0 Å². The summed E-state index contributed by atoms with van der Waals surface area (Å²) in [6, 6.07) is 7.42. The van der Waals surface area contributed by atoms with Crippen LogP contribution in [0.3, 0.4) is 0 Å². The Labute approximate surface area is 129 Å². The van der Waals surface area contributed by atoms with Crippen molar-refractivity contribution in [3.8, 4) is 0 Å². The Balaban J connectivity index is 2.30. The Bertz CT molecular complexity index is 501. The minimum absolute atomic E-state index is 0.0245. The number of rotatable bonds is 11. The minimum atomic E-state index is -3.25. The van der Waals surface area contributed by atoms with Crippen LogP contribution in [0.1, 0.15) is 56.6 Å². The molecule has 1 aromatic rings. The summed E-state index contributed by atoms with van der Waals surface area (Å²) in [5, 5.41) is 0. The molecule has 0 aliphatic carbocycles. The Kier molecular flexibility index (Phi) is 8.57. The number of nitrogens with two attached hydrogens (primary N) is 1. The fourth-order valence-corrected chi connectivity index (χ4v) is 3.43. The van der Waals surface area contributed by atoms with E-state index in [-0.39, 0.29) is 5.75 Å². The zero-order chi connectivity index (χ0) is 15.6. The molecule has 0 atom stereocenters. The lowest BCUT2D eigenvalue weighted by molar-refractivity contribution is 0.567. The van der Waals surface area contributed by atoms with Crippen molar-refractivity contribution in [1.82, 2.24) is 4.72 Å². The molecule has 21 heavy (non-hydrogen) atoms. The third-order valence-electron chi connectivity index (χ3n) is 3.44. The second-order valence-electron chi connectivity index (χ2n) is 5.45. The van der Waals surface area contributed by atoms with Gasteiger partial charge in [-0.3, -0.25) is 0 Å². The molecule has 4 nitrogen and oxygen atoms in total. The summed E-state index contributed by atoms with van der Waals surface area (Å²) in [4.78, 5) is 0. The van der Waals surface area contributed by atoms with Crippen LogP contribution in [-0.2, 0) is 22.3 Å². The molecule has 0 saturated heterocycles. The van der Waals surface area contributed by atoms with Gasteiger partial charge in [0.1, 0.15) is 0 Å². The lowest BCUT2D eigenvalue weighted by Crippen LogP contribution is -2.26. The molecular formula is C16H28N2O2S. The first-order valence-electron chi connectivity index (χ1n) is 7.82. The molecule has 0 unspecified atom stereocenters. The number of hydrogen-bond donors (Lipinski definition) is 2. The van der Waals surface area contributed by atoms with Gasteiger partial charge in [-0.1, -0.05) is 63.3 Å². The van der Waals surface area contributed by atoms with Gasteiger partial charge in [-0.25, -0.2) is 13.1 Å². The maximum absolute atomic E-state index is 12.0. The highest BCUT2D eigenvalue weighted by atomic mass is 32.2. The predicted octanol–water partition coefficient (Wildman–Crippen LogP) is 2.93. The molecule has 1 rings (SSSR count). The number of benzene rings is 1. The van der Waals surface area contributed by atoms with E-state index in [1.165, 1.54) is 25.7 Å². The van der Waals surface area contributed by atoms with Crippen molar-refractivity contribution >= 4 is 10.0 Å². The summed E-state index contributed by atoms with van der Waals surface area (Å²) in [6.07, 6.45) is 6.93. The minimum Gasteiger partial charge on any atom is -0.326 e. The highest BCUT2D eigenvalue weighted by molar-refractivity contribution is 7.88. The van der Waals surface area contributed by atoms with Crippen molar-refractivity contribution < 1.29 is 8.42 Å². The summed E-state index contributed by atoms with van der Waals surface area (Å²) in [7, 11) is -3.25. The maximum Gasteiger partial charge on any atom is 0.215 e. The number of unbranched alkanes of at least 4 members (excludes halogenated alkanes) is 5. The summed E-state index contributed by atoms with van der Waals surface area (Å²) in [5.41, 5.74) is 7.31. The molecule has 5 heteroatoms. The summed E-state index contributed by atoms with van der Waals surface area (Å²) in [5.74, 6) is 0.0245.